The van der Waals surface area contributed by atoms with Gasteiger partial charge in [-0.15, -0.1) is 11.3 Å². The second-order valence-corrected chi connectivity index (χ2v) is 9.20. The van der Waals surface area contributed by atoms with Crippen LogP contribution in [0.15, 0.2) is 18.2 Å². The number of nitrogens with one attached hydrogen (secondary N) is 1. The third-order valence-corrected chi connectivity index (χ3v) is 6.20. The lowest BCUT2D eigenvalue weighted by Gasteiger charge is -2.17. The number of rotatable bonds is 8. The van der Waals surface area contributed by atoms with Gasteiger partial charge in [-0.3, -0.25) is 9.59 Å². The van der Waals surface area contributed by atoms with Crippen molar-refractivity contribution in [3.05, 3.63) is 28.6 Å². The minimum Gasteiger partial charge on any atom is -0.496 e. The number of aryl methyl sites for hydroxylation is 2. The number of carbonyl (C=O) groups is 2. The number of nitrogens with zero attached hydrogens (tertiary/aromatic N) is 3. The van der Waals surface area contributed by atoms with Gasteiger partial charge in [0.2, 0.25) is 11.8 Å². The molecule has 1 fully saturated rings. The topological polar surface area (TPSA) is 74.8 Å². The summed E-state index contributed by atoms with van der Waals surface area (Å²) in [5.41, 5.74) is 2.88. The van der Waals surface area contributed by atoms with Crippen molar-refractivity contribution >= 4 is 28.3 Å². The van der Waals surface area contributed by atoms with Gasteiger partial charge in [-0.1, -0.05) is 0 Å². The number of hydrogen-bond donors (Lipinski definition) is 1. The fourth-order valence-electron chi connectivity index (χ4n) is 3.69. The average molecular weight is 431 g/mol. The van der Waals surface area contributed by atoms with Gasteiger partial charge >= 0.3 is 0 Å². The molecule has 3 rings (SSSR count). The monoisotopic (exact) mass is 430 g/mol. The summed E-state index contributed by atoms with van der Waals surface area (Å²) < 4.78 is 5.33. The summed E-state index contributed by atoms with van der Waals surface area (Å²) in [6.07, 6.45) is 1.17. The Morgan fingerprint density at radius 3 is 2.80 bits per heavy atom. The van der Waals surface area contributed by atoms with Crippen molar-refractivity contribution in [3.63, 3.8) is 0 Å². The summed E-state index contributed by atoms with van der Waals surface area (Å²) in [6.45, 7) is 6.08. The first-order chi connectivity index (χ1) is 14.3. The lowest BCUT2D eigenvalue weighted by molar-refractivity contribution is -0.128. The predicted molar refractivity (Wildman–Crippen MR) is 120 cm³/mol. The Kier molecular flexibility index (Phi) is 7.10. The molecule has 0 bridgehead atoms. The minimum absolute atomic E-state index is 0.0543. The summed E-state index contributed by atoms with van der Waals surface area (Å²) in [6, 6.07) is 5.94. The molecule has 162 valence electrons. The number of hydrogen-bond acceptors (Lipinski definition) is 6. The maximum atomic E-state index is 12.7. The van der Waals surface area contributed by atoms with Crippen LogP contribution in [-0.4, -0.2) is 67.4 Å². The van der Waals surface area contributed by atoms with E-state index < -0.39 is 0 Å². The highest BCUT2D eigenvalue weighted by atomic mass is 32.1. The smallest absolute Gasteiger partial charge is 0.231 e. The second-order valence-electron chi connectivity index (χ2n) is 8.00. The number of carbonyl (C=O) groups excluding carboxylic acids is 2. The van der Waals surface area contributed by atoms with Crippen molar-refractivity contribution in [3.8, 4) is 17.0 Å². The largest absolute Gasteiger partial charge is 0.496 e. The molecule has 1 aliphatic heterocycles. The fraction of sp³-hybridized carbons (Fsp3) is 0.500. The Bertz CT molecular complexity index is 925. The molecular weight excluding hydrogens is 400 g/mol. The van der Waals surface area contributed by atoms with Crippen LogP contribution < -0.4 is 10.1 Å². The molecule has 8 heteroatoms. The molecule has 1 aromatic heterocycles. The Hall–Kier alpha value is -2.45. The van der Waals surface area contributed by atoms with Crippen molar-refractivity contribution < 1.29 is 14.3 Å². The van der Waals surface area contributed by atoms with Crippen LogP contribution in [0.2, 0.25) is 0 Å². The van der Waals surface area contributed by atoms with Gasteiger partial charge < -0.3 is 19.9 Å². The van der Waals surface area contributed by atoms with E-state index in [4.69, 9.17) is 4.74 Å². The van der Waals surface area contributed by atoms with Crippen molar-refractivity contribution in [1.82, 2.24) is 14.8 Å². The second kappa shape index (κ2) is 9.57. The summed E-state index contributed by atoms with van der Waals surface area (Å²) >= 11 is 1.45. The summed E-state index contributed by atoms with van der Waals surface area (Å²) in [5, 5.41) is 3.49. The highest BCUT2D eigenvalue weighted by molar-refractivity contribution is 7.16. The molecule has 1 saturated heterocycles. The first-order valence-electron chi connectivity index (χ1n) is 10.1. The van der Waals surface area contributed by atoms with E-state index in [1.807, 2.05) is 46.1 Å². The normalized spacial score (nSPS) is 16.4. The standard InChI is InChI=1S/C22H30N4O3S/c1-14-11-16(7-8-18(14)29-5)20-15(2)30-22(23-20)24-21(28)17-12-19(27)26(13-17)10-6-9-25(3)4/h7-8,11,17H,6,9-10,12-13H2,1-5H3,(H,23,24,28). The van der Waals surface area contributed by atoms with Gasteiger partial charge in [0.25, 0.3) is 0 Å². The number of methoxy groups -OCH3 is 1. The van der Waals surface area contributed by atoms with Crippen LogP contribution in [0.1, 0.15) is 23.3 Å². The Morgan fingerprint density at radius 2 is 2.13 bits per heavy atom. The first-order valence-corrected chi connectivity index (χ1v) is 11.0. The number of anilines is 1. The fourth-order valence-corrected chi connectivity index (χ4v) is 4.53. The van der Waals surface area contributed by atoms with E-state index in [1.54, 1.807) is 12.0 Å². The molecule has 2 heterocycles. The molecule has 1 N–H and O–H groups in total. The summed E-state index contributed by atoms with van der Waals surface area (Å²) in [4.78, 5) is 34.5. The molecule has 30 heavy (non-hydrogen) atoms. The number of amides is 2. The third kappa shape index (κ3) is 5.17. The van der Waals surface area contributed by atoms with Crippen LogP contribution in [0.4, 0.5) is 5.13 Å². The van der Waals surface area contributed by atoms with E-state index >= 15 is 0 Å². The molecule has 0 radical (unpaired) electrons. The molecule has 2 amide bonds. The molecule has 1 unspecified atom stereocenters. The molecule has 2 aromatic rings. The zero-order chi connectivity index (χ0) is 21.8. The Labute approximate surface area is 182 Å². The molecule has 7 nitrogen and oxygen atoms in total. The Morgan fingerprint density at radius 1 is 1.37 bits per heavy atom. The highest BCUT2D eigenvalue weighted by Crippen LogP contribution is 2.33. The van der Waals surface area contributed by atoms with Crippen LogP contribution in [0.25, 0.3) is 11.3 Å². The number of likely N-dealkylation sites (tertiary alicyclic amines) is 1. The molecule has 0 spiro atoms. The van der Waals surface area contributed by atoms with E-state index in [2.05, 4.69) is 15.2 Å². The molecule has 0 aliphatic carbocycles. The van der Waals surface area contributed by atoms with Crippen LogP contribution in [0, 0.1) is 19.8 Å². The lowest BCUT2D eigenvalue weighted by Crippen LogP contribution is -2.30. The quantitative estimate of drug-likeness (QED) is 0.696. The molecular formula is C22H30N4O3S. The third-order valence-electron chi connectivity index (χ3n) is 5.31. The highest BCUT2D eigenvalue weighted by Gasteiger charge is 2.34. The Balaban J connectivity index is 1.63. The van der Waals surface area contributed by atoms with Crippen LogP contribution in [-0.2, 0) is 9.59 Å². The van der Waals surface area contributed by atoms with Crippen LogP contribution in [0.5, 0.6) is 5.75 Å². The zero-order valence-electron chi connectivity index (χ0n) is 18.3. The van der Waals surface area contributed by atoms with Crippen LogP contribution >= 0.6 is 11.3 Å². The van der Waals surface area contributed by atoms with Crippen molar-refractivity contribution in [1.29, 1.82) is 0 Å². The van der Waals surface area contributed by atoms with Crippen molar-refractivity contribution in [2.75, 3.05) is 46.2 Å². The summed E-state index contributed by atoms with van der Waals surface area (Å²) in [5.74, 6) is 0.428. The van der Waals surface area contributed by atoms with Gasteiger partial charge in [-0.2, -0.15) is 0 Å². The van der Waals surface area contributed by atoms with Gasteiger partial charge in [-0.05, 0) is 64.7 Å². The number of ether oxygens (including phenoxy) is 1. The molecule has 0 saturated carbocycles. The SMILES string of the molecule is COc1ccc(-c2nc(NC(=O)C3CC(=O)N(CCCN(C)C)C3)sc2C)cc1C. The molecule has 1 aromatic carbocycles. The van der Waals surface area contributed by atoms with Gasteiger partial charge in [0.15, 0.2) is 5.13 Å². The maximum absolute atomic E-state index is 12.7. The zero-order valence-corrected chi connectivity index (χ0v) is 19.1. The first kappa shape index (κ1) is 22.2. The van der Waals surface area contributed by atoms with Crippen molar-refractivity contribution in [2.45, 2.75) is 26.7 Å². The van der Waals surface area contributed by atoms with Crippen LogP contribution in [0.3, 0.4) is 0 Å². The number of aromatic nitrogens is 1. The average Bonchev–Trinajstić information content (AvgIpc) is 3.24. The molecule has 1 aliphatic rings. The van der Waals surface area contributed by atoms with Gasteiger partial charge in [-0.25, -0.2) is 4.98 Å². The number of thiazole rings is 1. The maximum Gasteiger partial charge on any atom is 0.231 e. The van der Waals surface area contributed by atoms with Gasteiger partial charge in [0, 0.05) is 30.0 Å². The summed E-state index contributed by atoms with van der Waals surface area (Å²) in [7, 11) is 5.68. The predicted octanol–water partition coefficient (Wildman–Crippen LogP) is 3.17. The van der Waals surface area contributed by atoms with E-state index in [0.29, 0.717) is 18.2 Å². The molecule has 1 atom stereocenters. The lowest BCUT2D eigenvalue weighted by atomic mass is 10.1. The van der Waals surface area contributed by atoms with Gasteiger partial charge in [0.05, 0.1) is 18.7 Å². The van der Waals surface area contributed by atoms with E-state index in [1.165, 1.54) is 11.3 Å². The van der Waals surface area contributed by atoms with E-state index in [0.717, 1.165) is 40.4 Å². The number of benzene rings is 1. The van der Waals surface area contributed by atoms with Crippen molar-refractivity contribution in [2.24, 2.45) is 5.92 Å². The minimum atomic E-state index is -0.326. The van der Waals surface area contributed by atoms with Gasteiger partial charge in [0.1, 0.15) is 5.75 Å². The van der Waals surface area contributed by atoms with E-state index in [9.17, 15) is 9.59 Å². The van der Waals surface area contributed by atoms with E-state index in [-0.39, 0.29) is 24.2 Å².